The van der Waals surface area contributed by atoms with Crippen molar-refractivity contribution in [3.63, 3.8) is 0 Å². The quantitative estimate of drug-likeness (QED) is 0.613. The molecule has 0 saturated heterocycles. The molecule has 1 aromatic rings. The average Bonchev–Trinajstić information content (AvgIpc) is 2.66. The fourth-order valence-electron chi connectivity index (χ4n) is 6.17. The maximum absolute atomic E-state index is 12.5. The number of likely N-dealkylation sites (N-methyl/N-ethyl adjacent to an activating group) is 1. The zero-order valence-corrected chi connectivity index (χ0v) is 18.4. The molecule has 3 amide bonds. The van der Waals surface area contributed by atoms with Gasteiger partial charge >= 0.3 is 6.03 Å². The summed E-state index contributed by atoms with van der Waals surface area (Å²) in [6.45, 7) is 1.35. The Labute approximate surface area is 180 Å². The van der Waals surface area contributed by atoms with Crippen molar-refractivity contribution >= 4 is 17.6 Å². The number of carbonyl (C=O) groups is 2. The highest BCUT2D eigenvalue weighted by Crippen LogP contribution is 2.55. The third-order valence-electron chi connectivity index (χ3n) is 7.14. The second kappa shape index (κ2) is 8.96. The smallest absolute Gasteiger partial charge is 0.315 e. The molecule has 6 heteroatoms. The molecule has 4 bridgehead atoms. The Balaban J connectivity index is 1.16. The van der Waals surface area contributed by atoms with Gasteiger partial charge in [0.2, 0.25) is 5.91 Å². The topological polar surface area (TPSA) is 73.5 Å². The van der Waals surface area contributed by atoms with E-state index >= 15 is 0 Å². The molecule has 164 valence electrons. The van der Waals surface area contributed by atoms with Gasteiger partial charge in [-0.2, -0.15) is 0 Å². The molecule has 6 nitrogen and oxygen atoms in total. The molecule has 4 aliphatic carbocycles. The van der Waals surface area contributed by atoms with Gasteiger partial charge in [0, 0.05) is 30.7 Å². The third-order valence-corrected chi connectivity index (χ3v) is 7.14. The summed E-state index contributed by atoms with van der Waals surface area (Å²) >= 11 is 0. The summed E-state index contributed by atoms with van der Waals surface area (Å²) in [6, 6.07) is 7.87. The summed E-state index contributed by atoms with van der Waals surface area (Å²) in [6.07, 6.45) is 8.76. The van der Waals surface area contributed by atoms with Gasteiger partial charge in [0.1, 0.15) is 0 Å². The van der Waals surface area contributed by atoms with E-state index < -0.39 is 0 Å². The van der Waals surface area contributed by atoms with Gasteiger partial charge in [0.25, 0.3) is 0 Å². The van der Waals surface area contributed by atoms with Crippen LogP contribution in [0.15, 0.2) is 24.3 Å². The lowest BCUT2D eigenvalue weighted by molar-refractivity contribution is -0.116. The van der Waals surface area contributed by atoms with Crippen molar-refractivity contribution in [3.05, 3.63) is 29.8 Å². The maximum atomic E-state index is 12.5. The number of carbonyl (C=O) groups excluding carboxylic acids is 2. The van der Waals surface area contributed by atoms with E-state index in [1.165, 1.54) is 24.8 Å². The number of benzene rings is 1. The van der Waals surface area contributed by atoms with E-state index in [4.69, 9.17) is 0 Å². The van der Waals surface area contributed by atoms with Crippen LogP contribution >= 0.6 is 0 Å². The van der Waals surface area contributed by atoms with Gasteiger partial charge in [-0.3, -0.25) is 4.79 Å². The van der Waals surface area contributed by atoms with Crippen LogP contribution in [0.1, 0.15) is 50.5 Å². The van der Waals surface area contributed by atoms with Crippen LogP contribution in [0.5, 0.6) is 0 Å². The molecule has 0 aromatic heterocycles. The molecule has 0 radical (unpaired) electrons. The molecule has 0 atom stereocenters. The van der Waals surface area contributed by atoms with Gasteiger partial charge in [-0.15, -0.1) is 0 Å². The van der Waals surface area contributed by atoms with Crippen LogP contribution in [0.2, 0.25) is 0 Å². The second-order valence-electron chi connectivity index (χ2n) is 10.1. The molecule has 0 heterocycles. The summed E-state index contributed by atoms with van der Waals surface area (Å²) in [5.41, 5.74) is 2.06. The lowest BCUT2D eigenvalue weighted by atomic mass is 9.53. The van der Waals surface area contributed by atoms with Crippen molar-refractivity contribution in [2.45, 2.75) is 56.9 Å². The number of urea groups is 1. The first-order valence-corrected chi connectivity index (χ1v) is 11.5. The summed E-state index contributed by atoms with van der Waals surface area (Å²) < 4.78 is 0. The monoisotopic (exact) mass is 412 g/mol. The zero-order valence-electron chi connectivity index (χ0n) is 18.4. The Morgan fingerprint density at radius 3 is 2.17 bits per heavy atom. The number of rotatable bonds is 8. The van der Waals surface area contributed by atoms with Crippen molar-refractivity contribution < 1.29 is 9.59 Å². The molecule has 4 fully saturated rings. The minimum Gasteiger partial charge on any atom is -0.338 e. The van der Waals surface area contributed by atoms with Crippen LogP contribution in [0.25, 0.3) is 0 Å². The fraction of sp³-hybridized carbons (Fsp3) is 0.667. The number of amides is 3. The summed E-state index contributed by atoms with van der Waals surface area (Å²) in [7, 11) is 4.12. The van der Waals surface area contributed by atoms with E-state index in [9.17, 15) is 9.59 Å². The number of anilines is 1. The fourth-order valence-corrected chi connectivity index (χ4v) is 6.17. The van der Waals surface area contributed by atoms with Crippen molar-refractivity contribution in [1.82, 2.24) is 15.5 Å². The molecule has 4 aliphatic rings. The van der Waals surface area contributed by atoms with Gasteiger partial charge in [-0.1, -0.05) is 12.1 Å². The van der Waals surface area contributed by atoms with E-state index in [-0.39, 0.29) is 23.9 Å². The molecule has 0 spiro atoms. The van der Waals surface area contributed by atoms with E-state index in [1.54, 1.807) is 0 Å². The molecule has 0 aliphatic heterocycles. The Morgan fingerprint density at radius 1 is 1.00 bits per heavy atom. The molecular weight excluding hydrogens is 376 g/mol. The van der Waals surface area contributed by atoms with Crippen LogP contribution in [-0.4, -0.2) is 49.6 Å². The number of nitrogens with one attached hydrogen (secondary N) is 3. The Bertz CT molecular complexity index is 724. The first-order chi connectivity index (χ1) is 14.4. The average molecular weight is 413 g/mol. The van der Waals surface area contributed by atoms with Gasteiger partial charge in [-0.25, -0.2) is 4.79 Å². The molecule has 0 unspecified atom stereocenters. The van der Waals surface area contributed by atoms with Crippen molar-refractivity contribution in [2.75, 3.05) is 32.5 Å². The minimum atomic E-state index is -0.116. The maximum Gasteiger partial charge on any atom is 0.315 e. The van der Waals surface area contributed by atoms with Crippen LogP contribution in [0.4, 0.5) is 10.5 Å². The van der Waals surface area contributed by atoms with Gasteiger partial charge < -0.3 is 20.9 Å². The van der Waals surface area contributed by atoms with Crippen molar-refractivity contribution in [3.8, 4) is 0 Å². The standard InChI is InChI=1S/C24H36N4O2/c1-28(2)10-8-17-3-5-21(6-4-17)26-22(29)7-9-25-23(30)27-24-14-18-11-19(15-24)13-20(12-18)16-24/h3-6,18-20H,7-16H2,1-2H3,(H,26,29)(H2,25,27,30). The largest absolute Gasteiger partial charge is 0.338 e. The highest BCUT2D eigenvalue weighted by molar-refractivity contribution is 5.91. The molecule has 4 saturated carbocycles. The minimum absolute atomic E-state index is 0.00935. The number of hydrogen-bond acceptors (Lipinski definition) is 3. The Hall–Kier alpha value is -2.08. The van der Waals surface area contributed by atoms with Crippen LogP contribution < -0.4 is 16.0 Å². The van der Waals surface area contributed by atoms with Crippen LogP contribution in [0.3, 0.4) is 0 Å². The van der Waals surface area contributed by atoms with Gasteiger partial charge in [0.15, 0.2) is 0 Å². The normalized spacial score (nSPS) is 29.1. The van der Waals surface area contributed by atoms with Crippen LogP contribution in [-0.2, 0) is 11.2 Å². The van der Waals surface area contributed by atoms with Crippen molar-refractivity contribution in [2.24, 2.45) is 17.8 Å². The van der Waals surface area contributed by atoms with E-state index in [0.29, 0.717) is 6.54 Å². The van der Waals surface area contributed by atoms with E-state index in [2.05, 4.69) is 47.1 Å². The highest BCUT2D eigenvalue weighted by Gasteiger charge is 2.51. The molecule has 5 rings (SSSR count). The summed E-state index contributed by atoms with van der Waals surface area (Å²) in [4.78, 5) is 26.8. The predicted octanol–water partition coefficient (Wildman–Crippen LogP) is 3.39. The Morgan fingerprint density at radius 2 is 1.60 bits per heavy atom. The second-order valence-corrected chi connectivity index (χ2v) is 10.1. The van der Waals surface area contributed by atoms with E-state index in [1.807, 2.05) is 12.1 Å². The van der Waals surface area contributed by atoms with E-state index in [0.717, 1.165) is 55.7 Å². The van der Waals surface area contributed by atoms with Gasteiger partial charge in [-0.05, 0) is 94.5 Å². The molecule has 1 aromatic carbocycles. The lowest BCUT2D eigenvalue weighted by Crippen LogP contribution is -2.61. The zero-order chi connectivity index (χ0) is 21.1. The molecular formula is C24H36N4O2. The highest BCUT2D eigenvalue weighted by atomic mass is 16.2. The lowest BCUT2D eigenvalue weighted by Gasteiger charge is -2.56. The summed E-state index contributed by atoms with van der Waals surface area (Å²) in [5.74, 6) is 2.33. The number of nitrogens with zero attached hydrogens (tertiary/aromatic N) is 1. The third kappa shape index (κ3) is 5.34. The Kier molecular flexibility index (Phi) is 6.32. The molecule has 3 N–H and O–H groups in total. The molecule has 30 heavy (non-hydrogen) atoms. The van der Waals surface area contributed by atoms with Crippen molar-refractivity contribution in [1.29, 1.82) is 0 Å². The first-order valence-electron chi connectivity index (χ1n) is 11.5. The SMILES string of the molecule is CN(C)CCc1ccc(NC(=O)CCNC(=O)NC23CC4CC(CC(C4)C2)C3)cc1. The van der Waals surface area contributed by atoms with Gasteiger partial charge in [0.05, 0.1) is 0 Å². The summed E-state index contributed by atoms with van der Waals surface area (Å²) in [5, 5.41) is 9.10. The predicted molar refractivity (Wildman–Crippen MR) is 119 cm³/mol. The van der Waals surface area contributed by atoms with Crippen LogP contribution in [0, 0.1) is 17.8 Å². The number of hydrogen-bond donors (Lipinski definition) is 3. The first kappa shape index (κ1) is 21.2.